The van der Waals surface area contributed by atoms with Crippen molar-refractivity contribution < 1.29 is 9.13 Å². The Morgan fingerprint density at radius 3 is 3.00 bits per heavy atom. The Labute approximate surface area is 86.7 Å². The monoisotopic (exact) mass is 209 g/mol. The zero-order chi connectivity index (χ0) is 10.4. The smallest absolute Gasteiger partial charge is 0.167 e. The molecule has 72 valence electrons. The van der Waals surface area contributed by atoms with Crippen molar-refractivity contribution in [3.8, 4) is 5.75 Å². The number of hydrogen-bond donors (Lipinski definition) is 0. The van der Waals surface area contributed by atoms with Gasteiger partial charge in [-0.3, -0.25) is 0 Å². The molecule has 0 heterocycles. The average Bonchev–Trinajstić information content (AvgIpc) is 2.17. The predicted molar refractivity (Wildman–Crippen MR) is 56.8 cm³/mol. The number of hydrogen-bond acceptors (Lipinski definition) is 3. The summed E-state index contributed by atoms with van der Waals surface area (Å²) in [5.41, 5.74) is 0.420. The van der Waals surface area contributed by atoms with Crippen molar-refractivity contribution in [1.82, 2.24) is 0 Å². The fraction of sp³-hybridized carbons (Fsp3) is 0.100. The number of halogens is 1. The van der Waals surface area contributed by atoms with Crippen LogP contribution < -0.4 is 4.74 Å². The maximum atomic E-state index is 13.2. The lowest BCUT2D eigenvalue weighted by Crippen LogP contribution is -1.94. The van der Waals surface area contributed by atoms with E-state index in [1.165, 1.54) is 12.1 Å². The third-order valence-corrected chi connectivity index (χ3v) is 1.54. The third-order valence-electron chi connectivity index (χ3n) is 1.45. The van der Waals surface area contributed by atoms with E-state index in [0.717, 1.165) is 0 Å². The minimum atomic E-state index is -0.474. The van der Waals surface area contributed by atoms with Crippen molar-refractivity contribution in [2.24, 2.45) is 4.99 Å². The Balaban J connectivity index is 2.89. The summed E-state index contributed by atoms with van der Waals surface area (Å²) in [6.45, 7) is 3.73. The second kappa shape index (κ2) is 5.27. The Bertz CT molecular complexity index is 386. The Hall–Kier alpha value is -1.51. The van der Waals surface area contributed by atoms with E-state index in [1.54, 1.807) is 12.1 Å². The summed E-state index contributed by atoms with van der Waals surface area (Å²) in [7, 11) is 0. The van der Waals surface area contributed by atoms with Gasteiger partial charge < -0.3 is 4.74 Å². The SMILES string of the molecule is C=CCOc1ccc(N=C=S)cc1F. The van der Waals surface area contributed by atoms with Crippen LogP contribution in [-0.4, -0.2) is 11.8 Å². The predicted octanol–water partition coefficient (Wildman–Crippen LogP) is 3.12. The molecule has 0 aliphatic carbocycles. The number of rotatable bonds is 4. The fourth-order valence-electron chi connectivity index (χ4n) is 0.878. The first-order chi connectivity index (χ1) is 6.77. The van der Waals surface area contributed by atoms with Gasteiger partial charge in [0, 0.05) is 6.07 Å². The molecule has 0 spiro atoms. The molecule has 14 heavy (non-hydrogen) atoms. The number of thiocarbonyl (C=S) groups is 1. The molecule has 4 heteroatoms. The van der Waals surface area contributed by atoms with Crippen LogP contribution in [0, 0.1) is 5.82 Å². The van der Waals surface area contributed by atoms with E-state index in [0.29, 0.717) is 5.69 Å². The molecule has 2 nitrogen and oxygen atoms in total. The Morgan fingerprint density at radius 1 is 1.64 bits per heavy atom. The van der Waals surface area contributed by atoms with Crippen molar-refractivity contribution in [2.75, 3.05) is 6.61 Å². The molecule has 1 aromatic carbocycles. The average molecular weight is 209 g/mol. The molecule has 0 bridgehead atoms. The van der Waals surface area contributed by atoms with E-state index >= 15 is 0 Å². The summed E-state index contributed by atoms with van der Waals surface area (Å²) in [5, 5.41) is 2.16. The highest BCUT2D eigenvalue weighted by Gasteiger charge is 2.02. The number of ether oxygens (including phenoxy) is 1. The Kier molecular flexibility index (Phi) is 3.98. The zero-order valence-corrected chi connectivity index (χ0v) is 8.18. The van der Waals surface area contributed by atoms with Crippen LogP contribution >= 0.6 is 12.2 Å². The summed E-state index contributed by atoms with van der Waals surface area (Å²) in [6.07, 6.45) is 1.54. The van der Waals surface area contributed by atoms with Gasteiger partial charge in [0.15, 0.2) is 11.6 Å². The van der Waals surface area contributed by atoms with Crippen molar-refractivity contribution in [3.63, 3.8) is 0 Å². The van der Waals surface area contributed by atoms with Gasteiger partial charge in [-0.25, -0.2) is 4.39 Å². The van der Waals surface area contributed by atoms with Crippen LogP contribution in [0.25, 0.3) is 0 Å². The molecule has 0 amide bonds. The lowest BCUT2D eigenvalue weighted by molar-refractivity contribution is 0.342. The molecule has 0 saturated heterocycles. The van der Waals surface area contributed by atoms with Gasteiger partial charge in [-0.2, -0.15) is 4.99 Å². The van der Waals surface area contributed by atoms with E-state index in [1.807, 2.05) is 0 Å². The zero-order valence-electron chi connectivity index (χ0n) is 7.37. The quantitative estimate of drug-likeness (QED) is 0.431. The molecule has 0 N–H and O–H groups in total. The fourth-order valence-corrected chi connectivity index (χ4v) is 0.983. The maximum absolute atomic E-state index is 13.2. The van der Waals surface area contributed by atoms with E-state index < -0.39 is 5.82 Å². The van der Waals surface area contributed by atoms with E-state index in [2.05, 4.69) is 29.0 Å². The third kappa shape index (κ3) is 2.76. The van der Waals surface area contributed by atoms with Crippen LogP contribution in [0.2, 0.25) is 0 Å². The first-order valence-electron chi connectivity index (χ1n) is 3.89. The van der Waals surface area contributed by atoms with Crippen LogP contribution in [0.15, 0.2) is 35.8 Å². The largest absolute Gasteiger partial charge is 0.486 e. The minimum Gasteiger partial charge on any atom is -0.486 e. The summed E-state index contributed by atoms with van der Waals surface area (Å²) in [4.78, 5) is 3.64. The molecule has 0 aliphatic rings. The minimum absolute atomic E-state index is 0.174. The molecule has 1 aromatic rings. The van der Waals surface area contributed by atoms with Crippen molar-refractivity contribution in [3.05, 3.63) is 36.7 Å². The van der Waals surface area contributed by atoms with E-state index in [-0.39, 0.29) is 12.4 Å². The van der Waals surface area contributed by atoms with Gasteiger partial charge in [-0.15, -0.1) is 0 Å². The highest BCUT2D eigenvalue weighted by molar-refractivity contribution is 7.78. The normalized spacial score (nSPS) is 8.93. The lowest BCUT2D eigenvalue weighted by atomic mass is 10.3. The van der Waals surface area contributed by atoms with Gasteiger partial charge in [0.05, 0.1) is 10.8 Å². The Morgan fingerprint density at radius 2 is 2.43 bits per heavy atom. The number of nitrogens with zero attached hydrogens (tertiary/aromatic N) is 1. The van der Waals surface area contributed by atoms with Gasteiger partial charge in [-0.05, 0) is 24.4 Å². The highest BCUT2D eigenvalue weighted by atomic mass is 32.1. The lowest BCUT2D eigenvalue weighted by Gasteiger charge is -2.03. The number of isothiocyanates is 1. The molecule has 0 aliphatic heterocycles. The first kappa shape index (κ1) is 10.6. The van der Waals surface area contributed by atoms with Crippen LogP contribution in [0.3, 0.4) is 0 Å². The molecule has 0 aromatic heterocycles. The topological polar surface area (TPSA) is 21.6 Å². The maximum Gasteiger partial charge on any atom is 0.167 e. The molecule has 0 radical (unpaired) electrons. The molecule has 0 saturated carbocycles. The van der Waals surface area contributed by atoms with Crippen LogP contribution in [0.1, 0.15) is 0 Å². The van der Waals surface area contributed by atoms with Crippen LogP contribution in [-0.2, 0) is 0 Å². The van der Waals surface area contributed by atoms with Crippen LogP contribution in [0.5, 0.6) is 5.75 Å². The summed E-state index contributed by atoms with van der Waals surface area (Å²) in [6, 6.07) is 4.32. The number of benzene rings is 1. The van der Waals surface area contributed by atoms with Gasteiger partial charge in [0.25, 0.3) is 0 Å². The van der Waals surface area contributed by atoms with Gasteiger partial charge in [-0.1, -0.05) is 12.7 Å². The standard InChI is InChI=1S/C10H8FNOS/c1-2-5-13-10-4-3-8(12-7-14)6-9(10)11/h2-4,6H,1,5H2. The number of aliphatic imine (C=N–C) groups is 1. The van der Waals surface area contributed by atoms with E-state index in [9.17, 15) is 4.39 Å². The second-order valence-corrected chi connectivity index (χ2v) is 2.60. The van der Waals surface area contributed by atoms with Gasteiger partial charge >= 0.3 is 0 Å². The molecule has 0 atom stereocenters. The second-order valence-electron chi connectivity index (χ2n) is 2.42. The van der Waals surface area contributed by atoms with Crippen molar-refractivity contribution >= 4 is 23.1 Å². The molecular weight excluding hydrogens is 201 g/mol. The first-order valence-corrected chi connectivity index (χ1v) is 4.30. The summed E-state index contributed by atoms with van der Waals surface area (Å²) < 4.78 is 18.3. The molecule has 0 unspecified atom stereocenters. The van der Waals surface area contributed by atoms with Crippen LogP contribution in [0.4, 0.5) is 10.1 Å². The molecule has 1 rings (SSSR count). The van der Waals surface area contributed by atoms with Gasteiger partial charge in [0.2, 0.25) is 0 Å². The summed E-state index contributed by atoms with van der Waals surface area (Å²) >= 11 is 4.40. The van der Waals surface area contributed by atoms with Crippen molar-refractivity contribution in [1.29, 1.82) is 0 Å². The molecular formula is C10H8FNOS. The van der Waals surface area contributed by atoms with Crippen molar-refractivity contribution in [2.45, 2.75) is 0 Å². The van der Waals surface area contributed by atoms with E-state index in [4.69, 9.17) is 4.74 Å². The van der Waals surface area contributed by atoms with Gasteiger partial charge in [0.1, 0.15) is 6.61 Å². The summed E-state index contributed by atoms with van der Waals surface area (Å²) in [5.74, 6) is -0.299. The highest BCUT2D eigenvalue weighted by Crippen LogP contribution is 2.22. The molecule has 0 fully saturated rings.